The van der Waals surface area contributed by atoms with Gasteiger partial charge in [0.05, 0.1) is 34.9 Å². The van der Waals surface area contributed by atoms with Crippen molar-refractivity contribution in [2.24, 2.45) is 0 Å². The molecule has 0 aliphatic carbocycles. The summed E-state index contributed by atoms with van der Waals surface area (Å²) in [5.41, 5.74) is 1.26. The number of thiophene rings is 1. The topological polar surface area (TPSA) is 75.4 Å². The van der Waals surface area contributed by atoms with Crippen LogP contribution in [0.2, 0.25) is 0 Å². The molecule has 3 aromatic rings. The quantitative estimate of drug-likeness (QED) is 0.737. The summed E-state index contributed by atoms with van der Waals surface area (Å²) < 4.78 is 1.48. The van der Waals surface area contributed by atoms with Crippen molar-refractivity contribution in [3.63, 3.8) is 0 Å². The van der Waals surface area contributed by atoms with Crippen LogP contribution in [0.3, 0.4) is 0 Å². The number of likely N-dealkylation sites (tertiary alicyclic amines) is 1. The van der Waals surface area contributed by atoms with Crippen molar-refractivity contribution < 1.29 is 9.90 Å². The van der Waals surface area contributed by atoms with E-state index in [0.717, 1.165) is 16.0 Å². The number of carbonyl (C=O) groups excluding carboxylic acids is 1. The summed E-state index contributed by atoms with van der Waals surface area (Å²) in [5, 5.41) is 13.5. The molecule has 1 aromatic carbocycles. The van der Waals surface area contributed by atoms with Crippen molar-refractivity contribution in [1.29, 1.82) is 0 Å². The van der Waals surface area contributed by atoms with E-state index in [9.17, 15) is 14.7 Å². The number of rotatable bonds is 3. The fourth-order valence-electron chi connectivity index (χ4n) is 3.71. The van der Waals surface area contributed by atoms with E-state index in [1.54, 1.807) is 28.4 Å². The molecule has 1 aliphatic rings. The molecule has 1 fully saturated rings. The number of hydrogen-bond acceptors (Lipinski definition) is 5. The van der Waals surface area contributed by atoms with Crippen molar-refractivity contribution >= 4 is 28.1 Å². The Morgan fingerprint density at radius 2 is 1.96 bits per heavy atom. The lowest BCUT2D eigenvalue weighted by molar-refractivity contribution is -0.0299. The van der Waals surface area contributed by atoms with Gasteiger partial charge in [-0.15, -0.1) is 11.3 Å². The number of amides is 1. The summed E-state index contributed by atoms with van der Waals surface area (Å²) in [5.74, 6) is 0.0217. The largest absolute Gasteiger partial charge is 0.388 e. The summed E-state index contributed by atoms with van der Waals surface area (Å²) in [6, 6.07) is 7.20. The molecule has 6 nitrogen and oxygen atoms in total. The van der Waals surface area contributed by atoms with Crippen LogP contribution in [0.5, 0.6) is 0 Å². The number of piperidine rings is 1. The molecule has 0 unspecified atom stereocenters. The lowest BCUT2D eigenvalue weighted by Gasteiger charge is -2.38. The van der Waals surface area contributed by atoms with Crippen LogP contribution in [0, 0.1) is 13.8 Å². The van der Waals surface area contributed by atoms with Gasteiger partial charge in [0.1, 0.15) is 0 Å². The van der Waals surface area contributed by atoms with Crippen LogP contribution in [0.25, 0.3) is 10.9 Å². The van der Waals surface area contributed by atoms with Gasteiger partial charge in [-0.25, -0.2) is 4.98 Å². The maximum Gasteiger partial charge on any atom is 0.261 e. The van der Waals surface area contributed by atoms with Crippen LogP contribution in [0.1, 0.15) is 33.6 Å². The summed E-state index contributed by atoms with van der Waals surface area (Å²) >= 11 is 1.59. The number of fused-ring (bicyclic) bond motifs is 1. The van der Waals surface area contributed by atoms with E-state index >= 15 is 0 Å². The van der Waals surface area contributed by atoms with Gasteiger partial charge in [0, 0.05) is 23.3 Å². The number of aliphatic hydroxyl groups is 1. The molecule has 4 rings (SSSR count). The molecule has 0 bridgehead atoms. The number of para-hydroxylation sites is 1. The molecular formula is C21H23N3O3S. The Kier molecular flexibility index (Phi) is 4.81. The first-order chi connectivity index (χ1) is 13.4. The first-order valence-corrected chi connectivity index (χ1v) is 10.3. The second-order valence-corrected chi connectivity index (χ2v) is 8.63. The first kappa shape index (κ1) is 18.8. The summed E-state index contributed by atoms with van der Waals surface area (Å²) in [4.78, 5) is 32.8. The highest BCUT2D eigenvalue weighted by Gasteiger charge is 2.35. The Labute approximate surface area is 167 Å². The number of aryl methyl sites for hydroxylation is 1. The molecule has 1 N–H and O–H groups in total. The highest BCUT2D eigenvalue weighted by molar-refractivity contribution is 7.10. The van der Waals surface area contributed by atoms with Crippen molar-refractivity contribution in [2.45, 2.75) is 38.8 Å². The monoisotopic (exact) mass is 397 g/mol. The van der Waals surface area contributed by atoms with Gasteiger partial charge in [-0.2, -0.15) is 0 Å². The number of nitrogens with zero attached hydrogens (tertiary/aromatic N) is 3. The molecule has 0 atom stereocenters. The standard InChI is InChI=1S/C21H23N3O3S/c1-14-15(2)28-11-17(14)20(26)23-9-7-21(27,8-10-23)12-24-13-22-18-6-4-3-5-16(18)19(24)25/h3-6,11,13,27H,7-10,12H2,1-2H3. The van der Waals surface area contributed by atoms with Crippen LogP contribution >= 0.6 is 11.3 Å². The average Bonchev–Trinajstić information content (AvgIpc) is 3.03. The predicted molar refractivity (Wildman–Crippen MR) is 110 cm³/mol. The highest BCUT2D eigenvalue weighted by atomic mass is 32.1. The Morgan fingerprint density at radius 1 is 1.25 bits per heavy atom. The zero-order valence-electron chi connectivity index (χ0n) is 16.0. The van der Waals surface area contributed by atoms with Crippen molar-refractivity contribution in [3.8, 4) is 0 Å². The zero-order chi connectivity index (χ0) is 19.9. The second kappa shape index (κ2) is 7.14. The predicted octanol–water partition coefficient (Wildman–Crippen LogP) is 2.74. The average molecular weight is 398 g/mol. The Hall–Kier alpha value is -2.51. The summed E-state index contributed by atoms with van der Waals surface area (Å²) in [6.07, 6.45) is 2.36. The van der Waals surface area contributed by atoms with Crippen LogP contribution in [0.4, 0.5) is 0 Å². The van der Waals surface area contributed by atoms with Gasteiger partial charge in [-0.3, -0.25) is 14.2 Å². The molecule has 146 valence electrons. The third kappa shape index (κ3) is 3.36. The molecule has 0 spiro atoms. The van der Waals surface area contributed by atoms with E-state index in [-0.39, 0.29) is 18.0 Å². The first-order valence-electron chi connectivity index (χ1n) is 9.38. The zero-order valence-corrected chi connectivity index (χ0v) is 16.8. The SMILES string of the molecule is Cc1scc(C(=O)N2CCC(O)(Cn3cnc4ccccc4c3=O)CC2)c1C. The van der Waals surface area contributed by atoms with Crippen molar-refractivity contribution in [2.75, 3.05) is 13.1 Å². The maximum atomic E-state index is 12.8. The molecule has 0 radical (unpaired) electrons. The summed E-state index contributed by atoms with van der Waals surface area (Å²) in [7, 11) is 0. The minimum Gasteiger partial charge on any atom is -0.388 e. The van der Waals surface area contributed by atoms with E-state index in [1.165, 1.54) is 10.9 Å². The third-order valence-electron chi connectivity index (χ3n) is 5.69. The van der Waals surface area contributed by atoms with Gasteiger partial charge in [-0.05, 0) is 44.4 Å². The number of benzene rings is 1. The van der Waals surface area contributed by atoms with Gasteiger partial charge in [0.2, 0.25) is 0 Å². The lowest BCUT2D eigenvalue weighted by atomic mass is 9.90. The minimum absolute atomic E-state index is 0.0217. The molecule has 0 saturated carbocycles. The smallest absolute Gasteiger partial charge is 0.261 e. The second-order valence-electron chi connectivity index (χ2n) is 7.54. The molecule has 7 heteroatoms. The number of hydrogen-bond donors (Lipinski definition) is 1. The van der Waals surface area contributed by atoms with Gasteiger partial charge < -0.3 is 10.0 Å². The molecule has 2 aromatic heterocycles. The van der Waals surface area contributed by atoms with E-state index < -0.39 is 5.60 Å². The number of aromatic nitrogens is 2. The molecule has 1 aliphatic heterocycles. The minimum atomic E-state index is -1.02. The van der Waals surface area contributed by atoms with Crippen molar-refractivity contribution in [3.05, 3.63) is 62.3 Å². The van der Waals surface area contributed by atoms with Gasteiger partial charge in [-0.1, -0.05) is 12.1 Å². The lowest BCUT2D eigenvalue weighted by Crippen LogP contribution is -2.49. The Balaban J connectivity index is 1.48. The van der Waals surface area contributed by atoms with Gasteiger partial charge in [0.15, 0.2) is 0 Å². The molecule has 3 heterocycles. The van der Waals surface area contributed by atoms with E-state index in [0.29, 0.717) is 36.8 Å². The van der Waals surface area contributed by atoms with Crippen LogP contribution in [-0.2, 0) is 6.54 Å². The Morgan fingerprint density at radius 3 is 2.64 bits per heavy atom. The summed E-state index contributed by atoms with van der Waals surface area (Å²) in [6.45, 7) is 5.11. The van der Waals surface area contributed by atoms with E-state index in [1.807, 2.05) is 31.4 Å². The maximum absolute atomic E-state index is 12.8. The van der Waals surface area contributed by atoms with E-state index in [2.05, 4.69) is 4.98 Å². The fourth-order valence-corrected chi connectivity index (χ4v) is 4.57. The highest BCUT2D eigenvalue weighted by Crippen LogP contribution is 2.27. The van der Waals surface area contributed by atoms with Gasteiger partial charge >= 0.3 is 0 Å². The molecule has 28 heavy (non-hydrogen) atoms. The van der Waals surface area contributed by atoms with Crippen LogP contribution < -0.4 is 5.56 Å². The van der Waals surface area contributed by atoms with E-state index in [4.69, 9.17) is 0 Å². The molecule has 1 saturated heterocycles. The number of carbonyl (C=O) groups is 1. The third-order valence-corrected chi connectivity index (χ3v) is 6.71. The normalized spacial score (nSPS) is 16.5. The van der Waals surface area contributed by atoms with Gasteiger partial charge in [0.25, 0.3) is 11.5 Å². The Bertz CT molecular complexity index is 1090. The van der Waals surface area contributed by atoms with Crippen LogP contribution in [-0.4, -0.2) is 44.2 Å². The van der Waals surface area contributed by atoms with Crippen LogP contribution in [0.15, 0.2) is 40.8 Å². The molecular weight excluding hydrogens is 374 g/mol. The molecule has 1 amide bonds. The fraction of sp³-hybridized carbons (Fsp3) is 0.381. The van der Waals surface area contributed by atoms with Crippen molar-refractivity contribution in [1.82, 2.24) is 14.5 Å².